The zero-order chi connectivity index (χ0) is 21.5. The summed E-state index contributed by atoms with van der Waals surface area (Å²) in [6.45, 7) is 4.65. The minimum atomic E-state index is -1.19. The zero-order valence-corrected chi connectivity index (χ0v) is 17.2. The number of aromatic carboxylic acids is 1. The summed E-state index contributed by atoms with van der Waals surface area (Å²) in [6, 6.07) is 3.78. The topological polar surface area (TPSA) is 111 Å². The van der Waals surface area contributed by atoms with Crippen LogP contribution in [0.3, 0.4) is 0 Å². The van der Waals surface area contributed by atoms with Gasteiger partial charge in [-0.2, -0.15) is 0 Å². The molecule has 0 fully saturated rings. The highest BCUT2D eigenvalue weighted by atomic mass is 16.7. The van der Waals surface area contributed by atoms with E-state index in [0.29, 0.717) is 6.42 Å². The lowest BCUT2D eigenvalue weighted by molar-refractivity contribution is 0.0694. The number of unbranched alkanes of at least 4 members (excludes halogenated alkanes) is 6. The highest BCUT2D eigenvalue weighted by Gasteiger charge is 2.16. The fourth-order valence-electron chi connectivity index (χ4n) is 2.49. The Morgan fingerprint density at radius 1 is 0.897 bits per heavy atom. The fourth-order valence-corrected chi connectivity index (χ4v) is 2.49. The normalized spacial score (nSPS) is 10.3. The number of benzene rings is 1. The highest BCUT2D eigenvalue weighted by Crippen LogP contribution is 2.27. The second kappa shape index (κ2) is 14.3. The summed E-state index contributed by atoms with van der Waals surface area (Å²) in [5.74, 6) is -1.31. The van der Waals surface area contributed by atoms with Gasteiger partial charge in [0.15, 0.2) is 5.75 Å². The number of anilines is 1. The summed E-state index contributed by atoms with van der Waals surface area (Å²) in [7, 11) is 0. The quantitative estimate of drug-likeness (QED) is 0.247. The van der Waals surface area contributed by atoms with E-state index in [1.165, 1.54) is 12.1 Å². The largest absolute Gasteiger partial charge is 0.513 e. The smallest absolute Gasteiger partial charge is 0.478 e. The summed E-state index contributed by atoms with van der Waals surface area (Å²) in [6.07, 6.45) is 5.98. The molecule has 2 N–H and O–H groups in total. The molecule has 0 atom stereocenters. The number of rotatable bonds is 13. The first-order valence-electron chi connectivity index (χ1n) is 10.1. The van der Waals surface area contributed by atoms with Crippen LogP contribution in [-0.4, -0.2) is 36.5 Å². The summed E-state index contributed by atoms with van der Waals surface area (Å²) in [4.78, 5) is 35.0. The van der Waals surface area contributed by atoms with Crippen LogP contribution in [0.5, 0.6) is 5.75 Å². The molecule has 0 aromatic heterocycles. The molecule has 0 saturated heterocycles. The van der Waals surface area contributed by atoms with Crippen LogP contribution >= 0.6 is 0 Å². The molecule has 0 unspecified atom stereocenters. The molecule has 162 valence electrons. The van der Waals surface area contributed by atoms with Gasteiger partial charge in [-0.05, 0) is 31.0 Å². The van der Waals surface area contributed by atoms with Crippen molar-refractivity contribution >= 4 is 23.9 Å². The van der Waals surface area contributed by atoms with Crippen molar-refractivity contribution in [3.05, 3.63) is 23.8 Å². The lowest BCUT2D eigenvalue weighted by Crippen LogP contribution is -2.17. The first kappa shape index (κ1) is 24.3. The van der Waals surface area contributed by atoms with Crippen molar-refractivity contribution in [2.45, 2.75) is 65.2 Å². The lowest BCUT2D eigenvalue weighted by atomic mass is 10.2. The predicted octanol–water partition coefficient (Wildman–Crippen LogP) is 5.61. The first-order chi connectivity index (χ1) is 14.0. The zero-order valence-electron chi connectivity index (χ0n) is 17.2. The van der Waals surface area contributed by atoms with Gasteiger partial charge < -0.3 is 19.3 Å². The number of nitrogens with one attached hydrogen (secondary N) is 1. The van der Waals surface area contributed by atoms with Gasteiger partial charge in [0.1, 0.15) is 0 Å². The highest BCUT2D eigenvalue weighted by molar-refractivity contribution is 5.92. The number of carbonyl (C=O) groups excluding carboxylic acids is 2. The van der Waals surface area contributed by atoms with E-state index in [1.54, 1.807) is 0 Å². The van der Waals surface area contributed by atoms with Crippen molar-refractivity contribution < 1.29 is 33.7 Å². The molecule has 0 saturated carbocycles. The summed E-state index contributed by atoms with van der Waals surface area (Å²) in [5.41, 5.74) is 0.0331. The maximum atomic E-state index is 12.0. The molecule has 1 rings (SSSR count). The predicted molar refractivity (Wildman–Crippen MR) is 109 cm³/mol. The van der Waals surface area contributed by atoms with Crippen LogP contribution < -0.4 is 10.1 Å². The Labute approximate surface area is 171 Å². The molecule has 8 nitrogen and oxygen atoms in total. The molecule has 0 heterocycles. The average Bonchev–Trinajstić information content (AvgIpc) is 2.68. The van der Waals surface area contributed by atoms with Crippen LogP contribution in [0.2, 0.25) is 0 Å². The SMILES string of the molecule is CCCCCCOC(=O)Nc1ccc(C(=O)O)cc1OC(=O)OCCCCCC. The summed E-state index contributed by atoms with van der Waals surface area (Å²) < 4.78 is 15.2. The van der Waals surface area contributed by atoms with E-state index in [-0.39, 0.29) is 30.2 Å². The van der Waals surface area contributed by atoms with Gasteiger partial charge in [-0.25, -0.2) is 14.4 Å². The Balaban J connectivity index is 2.65. The van der Waals surface area contributed by atoms with E-state index in [2.05, 4.69) is 19.2 Å². The number of hydrogen-bond donors (Lipinski definition) is 2. The molecule has 0 aliphatic carbocycles. The molecular formula is C21H31NO7. The fraction of sp³-hybridized carbons (Fsp3) is 0.571. The van der Waals surface area contributed by atoms with E-state index in [9.17, 15) is 14.4 Å². The third-order valence-electron chi connectivity index (χ3n) is 4.11. The van der Waals surface area contributed by atoms with Gasteiger partial charge in [0.25, 0.3) is 0 Å². The van der Waals surface area contributed by atoms with Crippen LogP contribution in [0.25, 0.3) is 0 Å². The first-order valence-corrected chi connectivity index (χ1v) is 10.1. The maximum Gasteiger partial charge on any atom is 0.513 e. The van der Waals surface area contributed by atoms with Crippen molar-refractivity contribution in [3.8, 4) is 5.75 Å². The number of carboxylic acids is 1. The minimum Gasteiger partial charge on any atom is -0.478 e. The summed E-state index contributed by atoms with van der Waals surface area (Å²) in [5, 5.41) is 11.6. The van der Waals surface area contributed by atoms with E-state index in [0.717, 1.165) is 51.0 Å². The van der Waals surface area contributed by atoms with Crippen molar-refractivity contribution in [2.24, 2.45) is 0 Å². The van der Waals surface area contributed by atoms with Crippen LogP contribution in [0, 0.1) is 0 Å². The van der Waals surface area contributed by atoms with Crippen molar-refractivity contribution in [2.75, 3.05) is 18.5 Å². The number of amides is 1. The molecule has 0 radical (unpaired) electrons. The van der Waals surface area contributed by atoms with Gasteiger partial charge in [0, 0.05) is 0 Å². The van der Waals surface area contributed by atoms with Gasteiger partial charge in [0.2, 0.25) is 0 Å². The van der Waals surface area contributed by atoms with Gasteiger partial charge in [0.05, 0.1) is 24.5 Å². The third-order valence-corrected chi connectivity index (χ3v) is 4.11. The second-order valence-corrected chi connectivity index (χ2v) is 6.60. The van der Waals surface area contributed by atoms with Crippen LogP contribution in [0.4, 0.5) is 15.3 Å². The molecule has 0 aliphatic heterocycles. The molecule has 8 heteroatoms. The Hall–Kier alpha value is -2.77. The molecule has 1 aromatic carbocycles. The van der Waals surface area contributed by atoms with E-state index in [4.69, 9.17) is 19.3 Å². The van der Waals surface area contributed by atoms with Crippen molar-refractivity contribution in [1.29, 1.82) is 0 Å². The molecular weight excluding hydrogens is 378 g/mol. The number of hydrogen-bond acceptors (Lipinski definition) is 6. The Morgan fingerprint density at radius 2 is 1.52 bits per heavy atom. The van der Waals surface area contributed by atoms with Gasteiger partial charge >= 0.3 is 18.2 Å². The number of carboxylic acid groups (broad SMARTS) is 1. The Morgan fingerprint density at radius 3 is 2.10 bits per heavy atom. The molecule has 1 amide bonds. The Bertz CT molecular complexity index is 660. The van der Waals surface area contributed by atoms with E-state index in [1.807, 2.05) is 0 Å². The van der Waals surface area contributed by atoms with Gasteiger partial charge in [-0.1, -0.05) is 52.4 Å². The maximum absolute atomic E-state index is 12.0. The summed E-state index contributed by atoms with van der Waals surface area (Å²) >= 11 is 0. The molecule has 29 heavy (non-hydrogen) atoms. The lowest BCUT2D eigenvalue weighted by Gasteiger charge is -2.12. The van der Waals surface area contributed by atoms with Crippen LogP contribution in [0.1, 0.15) is 75.6 Å². The van der Waals surface area contributed by atoms with Crippen molar-refractivity contribution in [1.82, 2.24) is 0 Å². The van der Waals surface area contributed by atoms with Crippen LogP contribution in [-0.2, 0) is 9.47 Å². The third kappa shape index (κ3) is 10.4. The number of ether oxygens (including phenoxy) is 3. The average molecular weight is 409 g/mol. The number of carbonyl (C=O) groups is 3. The molecule has 1 aromatic rings. The second-order valence-electron chi connectivity index (χ2n) is 6.60. The minimum absolute atomic E-state index is 0.0887. The van der Waals surface area contributed by atoms with Crippen molar-refractivity contribution in [3.63, 3.8) is 0 Å². The molecule has 0 bridgehead atoms. The molecule has 0 aliphatic rings. The van der Waals surface area contributed by atoms with Crippen LogP contribution in [0.15, 0.2) is 18.2 Å². The van der Waals surface area contributed by atoms with E-state index >= 15 is 0 Å². The Kier molecular flexibility index (Phi) is 11.9. The standard InChI is InChI=1S/C21H31NO7/c1-3-5-7-9-13-27-20(25)22-17-12-11-16(19(23)24)15-18(17)29-21(26)28-14-10-8-6-4-2/h11-12,15H,3-10,13-14H2,1-2H3,(H,22,25)(H,23,24). The van der Waals surface area contributed by atoms with Gasteiger partial charge in [-0.3, -0.25) is 5.32 Å². The van der Waals surface area contributed by atoms with E-state index < -0.39 is 18.2 Å². The van der Waals surface area contributed by atoms with Gasteiger partial charge in [-0.15, -0.1) is 0 Å². The monoisotopic (exact) mass is 409 g/mol. The molecule has 0 spiro atoms.